The zero-order valence-electron chi connectivity index (χ0n) is 14.8. The van der Waals surface area contributed by atoms with Crippen molar-refractivity contribution in [2.24, 2.45) is 0 Å². The molecule has 2 aromatic rings. The van der Waals surface area contributed by atoms with Gasteiger partial charge in [-0.15, -0.1) is 0 Å². The van der Waals surface area contributed by atoms with Gasteiger partial charge in [0, 0.05) is 5.69 Å². The maximum absolute atomic E-state index is 12.9. The normalized spacial score (nSPS) is 11.3. The van der Waals surface area contributed by atoms with Gasteiger partial charge in [-0.25, -0.2) is 12.8 Å². The Hall–Kier alpha value is -2.61. The Labute approximate surface area is 152 Å². The summed E-state index contributed by atoms with van der Waals surface area (Å²) in [4.78, 5) is 12.2. The Balaban J connectivity index is 2.14. The molecule has 0 spiro atoms. The summed E-state index contributed by atoms with van der Waals surface area (Å²) in [5.74, 6) is -0.359. The van der Waals surface area contributed by atoms with Gasteiger partial charge in [0.15, 0.2) is 0 Å². The van der Waals surface area contributed by atoms with Crippen LogP contribution in [0.15, 0.2) is 48.5 Å². The predicted molar refractivity (Wildman–Crippen MR) is 99.4 cm³/mol. The number of nitrogens with zero attached hydrogens (tertiary/aromatic N) is 1. The Morgan fingerprint density at radius 3 is 2.19 bits per heavy atom. The van der Waals surface area contributed by atoms with Crippen molar-refractivity contribution in [2.45, 2.75) is 20.0 Å². The zero-order valence-corrected chi connectivity index (χ0v) is 15.6. The quantitative estimate of drug-likeness (QED) is 0.801. The fourth-order valence-electron chi connectivity index (χ4n) is 2.23. The topological polar surface area (TPSA) is 75.7 Å². The highest BCUT2D eigenvalue weighted by Gasteiger charge is 2.21. The van der Waals surface area contributed by atoms with E-state index in [1.54, 1.807) is 24.3 Å². The number of carbonyl (C=O) groups excluding carboxylic acids is 1. The first-order chi connectivity index (χ1) is 12.1. The van der Waals surface area contributed by atoms with Gasteiger partial charge < -0.3 is 10.1 Å². The molecule has 0 radical (unpaired) electrons. The number of hydrogen-bond acceptors (Lipinski definition) is 4. The number of carbonyl (C=O) groups is 1. The van der Waals surface area contributed by atoms with Gasteiger partial charge in [0.1, 0.15) is 18.1 Å². The summed E-state index contributed by atoms with van der Waals surface area (Å²) in [7, 11) is -3.68. The number of amides is 1. The van der Waals surface area contributed by atoms with Crippen LogP contribution in [0.5, 0.6) is 5.75 Å². The van der Waals surface area contributed by atoms with Gasteiger partial charge >= 0.3 is 0 Å². The van der Waals surface area contributed by atoms with Crippen molar-refractivity contribution in [1.29, 1.82) is 0 Å². The molecule has 0 saturated heterocycles. The average molecular weight is 380 g/mol. The molecule has 1 N–H and O–H groups in total. The first-order valence-corrected chi connectivity index (χ1v) is 9.80. The summed E-state index contributed by atoms with van der Waals surface area (Å²) in [5, 5.41) is 2.54. The third-order valence-electron chi connectivity index (χ3n) is 3.31. The molecule has 0 bridgehead atoms. The van der Waals surface area contributed by atoms with E-state index in [2.05, 4.69) is 5.32 Å². The third-order valence-corrected chi connectivity index (χ3v) is 4.45. The predicted octanol–water partition coefficient (Wildman–Crippen LogP) is 3.02. The molecule has 0 aliphatic carbocycles. The largest absolute Gasteiger partial charge is 0.491 e. The zero-order chi connectivity index (χ0) is 19.3. The van der Waals surface area contributed by atoms with Crippen LogP contribution in [0, 0.1) is 5.82 Å². The van der Waals surface area contributed by atoms with Gasteiger partial charge in [-0.2, -0.15) is 0 Å². The molecule has 0 unspecified atom stereocenters. The molecule has 1 amide bonds. The number of sulfonamides is 1. The lowest BCUT2D eigenvalue weighted by molar-refractivity contribution is -0.114. The van der Waals surface area contributed by atoms with E-state index in [1.165, 1.54) is 24.3 Å². The summed E-state index contributed by atoms with van der Waals surface area (Å²) in [6.45, 7) is 3.37. The SMILES string of the molecule is CC(C)Oc1ccc(N(CC(=O)Nc2ccc(F)cc2)S(C)(=O)=O)cc1. The highest BCUT2D eigenvalue weighted by molar-refractivity contribution is 7.92. The molecule has 8 heteroatoms. The van der Waals surface area contributed by atoms with Crippen LogP contribution in [-0.4, -0.2) is 33.2 Å². The molecule has 0 aliphatic heterocycles. The first kappa shape index (κ1) is 19.7. The monoisotopic (exact) mass is 380 g/mol. The molecule has 26 heavy (non-hydrogen) atoms. The molecule has 140 valence electrons. The molecule has 2 aromatic carbocycles. The lowest BCUT2D eigenvalue weighted by Gasteiger charge is -2.22. The minimum atomic E-state index is -3.68. The maximum atomic E-state index is 12.9. The van der Waals surface area contributed by atoms with Crippen LogP contribution in [0.3, 0.4) is 0 Å². The summed E-state index contributed by atoms with van der Waals surface area (Å²) in [5.41, 5.74) is 0.725. The van der Waals surface area contributed by atoms with Gasteiger partial charge in [-0.05, 0) is 62.4 Å². The van der Waals surface area contributed by atoms with E-state index in [1.807, 2.05) is 13.8 Å². The first-order valence-electron chi connectivity index (χ1n) is 7.95. The summed E-state index contributed by atoms with van der Waals surface area (Å²) < 4.78 is 43.6. The van der Waals surface area contributed by atoms with Crippen molar-refractivity contribution < 1.29 is 22.3 Å². The molecule has 2 rings (SSSR count). The van der Waals surface area contributed by atoms with E-state index in [0.717, 1.165) is 10.6 Å². The minimum Gasteiger partial charge on any atom is -0.491 e. The average Bonchev–Trinajstić information content (AvgIpc) is 2.54. The molecule has 0 aliphatic rings. The molecule has 0 aromatic heterocycles. The Kier molecular flexibility index (Phi) is 6.20. The van der Waals surface area contributed by atoms with E-state index >= 15 is 0 Å². The number of ether oxygens (including phenoxy) is 1. The van der Waals surface area contributed by atoms with Crippen molar-refractivity contribution in [3.8, 4) is 5.75 Å². The highest BCUT2D eigenvalue weighted by atomic mass is 32.2. The van der Waals surface area contributed by atoms with Crippen molar-refractivity contribution in [2.75, 3.05) is 22.4 Å². The Bertz CT molecular complexity index is 850. The molecular formula is C18H21FN2O4S. The summed E-state index contributed by atoms with van der Waals surface area (Å²) >= 11 is 0. The van der Waals surface area contributed by atoms with Crippen LogP contribution >= 0.6 is 0 Å². The second-order valence-corrected chi connectivity index (χ2v) is 7.89. The summed E-state index contributed by atoms with van der Waals surface area (Å²) in [6.07, 6.45) is 1.02. The van der Waals surface area contributed by atoms with E-state index in [-0.39, 0.29) is 6.10 Å². The van der Waals surface area contributed by atoms with Crippen molar-refractivity contribution in [3.63, 3.8) is 0 Å². The van der Waals surface area contributed by atoms with Gasteiger partial charge in [0.2, 0.25) is 15.9 Å². The van der Waals surface area contributed by atoms with Crippen molar-refractivity contribution in [3.05, 3.63) is 54.3 Å². The van der Waals surface area contributed by atoms with Crippen molar-refractivity contribution >= 4 is 27.3 Å². The minimum absolute atomic E-state index is 0.00616. The second kappa shape index (κ2) is 8.18. The molecule has 0 atom stereocenters. The smallest absolute Gasteiger partial charge is 0.245 e. The van der Waals surface area contributed by atoms with Crippen LogP contribution in [0.1, 0.15) is 13.8 Å². The van der Waals surface area contributed by atoms with E-state index in [4.69, 9.17) is 4.74 Å². The van der Waals surface area contributed by atoms with Crippen LogP contribution in [0.25, 0.3) is 0 Å². The van der Waals surface area contributed by atoms with Gasteiger partial charge in [0.05, 0.1) is 18.0 Å². The Morgan fingerprint density at radius 1 is 1.12 bits per heavy atom. The van der Waals surface area contributed by atoms with E-state index < -0.39 is 28.3 Å². The van der Waals surface area contributed by atoms with Crippen LogP contribution in [0.2, 0.25) is 0 Å². The van der Waals surface area contributed by atoms with Crippen molar-refractivity contribution in [1.82, 2.24) is 0 Å². The highest BCUT2D eigenvalue weighted by Crippen LogP contribution is 2.22. The molecule has 0 fully saturated rings. The van der Waals surface area contributed by atoms with Gasteiger partial charge in [0.25, 0.3) is 0 Å². The number of nitrogens with one attached hydrogen (secondary N) is 1. The standard InChI is InChI=1S/C18H21FN2O4S/c1-13(2)25-17-10-8-16(9-11-17)21(26(3,23)24)12-18(22)20-15-6-4-14(19)5-7-15/h4-11,13H,12H2,1-3H3,(H,20,22). The van der Waals surface area contributed by atoms with Crippen LogP contribution in [0.4, 0.5) is 15.8 Å². The number of rotatable bonds is 7. The van der Waals surface area contributed by atoms with Crippen LogP contribution in [-0.2, 0) is 14.8 Å². The number of hydrogen-bond donors (Lipinski definition) is 1. The second-order valence-electron chi connectivity index (χ2n) is 5.99. The molecule has 0 heterocycles. The molecule has 6 nitrogen and oxygen atoms in total. The molecular weight excluding hydrogens is 359 g/mol. The Morgan fingerprint density at radius 2 is 1.69 bits per heavy atom. The number of anilines is 2. The lowest BCUT2D eigenvalue weighted by atomic mass is 10.3. The third kappa shape index (κ3) is 5.73. The van der Waals surface area contributed by atoms with Crippen LogP contribution < -0.4 is 14.4 Å². The lowest BCUT2D eigenvalue weighted by Crippen LogP contribution is -2.37. The summed E-state index contributed by atoms with van der Waals surface area (Å²) in [6, 6.07) is 11.6. The fraction of sp³-hybridized carbons (Fsp3) is 0.278. The number of halogens is 1. The van der Waals surface area contributed by atoms with E-state index in [9.17, 15) is 17.6 Å². The molecule has 0 saturated carbocycles. The van der Waals surface area contributed by atoms with E-state index in [0.29, 0.717) is 17.1 Å². The van der Waals surface area contributed by atoms with Gasteiger partial charge in [-0.1, -0.05) is 0 Å². The fourth-order valence-corrected chi connectivity index (χ4v) is 3.08. The maximum Gasteiger partial charge on any atom is 0.245 e. The van der Waals surface area contributed by atoms with Gasteiger partial charge in [-0.3, -0.25) is 9.10 Å². The number of benzene rings is 2.